The maximum atomic E-state index is 9.96. The van der Waals surface area contributed by atoms with E-state index >= 15 is 0 Å². The smallest absolute Gasteiger partial charge is 0.187 e. The molecular formula is C60H36N6. The second-order valence-electron chi connectivity index (χ2n) is 16.4. The number of para-hydroxylation sites is 3. The third kappa shape index (κ3) is 6.41. The van der Waals surface area contributed by atoms with E-state index in [0.717, 1.165) is 94.5 Å². The molecule has 0 radical (unpaired) electrons. The molecule has 0 atom stereocenters. The van der Waals surface area contributed by atoms with Gasteiger partial charge in [0.1, 0.15) is 0 Å². The van der Waals surface area contributed by atoms with Crippen molar-refractivity contribution in [2.75, 3.05) is 0 Å². The molecule has 0 amide bonds. The van der Waals surface area contributed by atoms with Crippen LogP contribution in [0.5, 0.6) is 0 Å². The lowest BCUT2D eigenvalue weighted by Gasteiger charge is -2.21. The summed E-state index contributed by atoms with van der Waals surface area (Å²) in [5, 5.41) is 14.6. The quantitative estimate of drug-likeness (QED) is 0.150. The van der Waals surface area contributed by atoms with Gasteiger partial charge in [0.05, 0.1) is 57.3 Å². The Morgan fingerprint density at radius 2 is 0.894 bits per heavy atom. The third-order valence-corrected chi connectivity index (χ3v) is 12.6. The summed E-state index contributed by atoms with van der Waals surface area (Å²) in [6, 6.07) is 77.4. The molecule has 0 fully saturated rings. The fourth-order valence-electron chi connectivity index (χ4n) is 9.50. The lowest BCUT2D eigenvalue weighted by Crippen LogP contribution is -2.03. The van der Waals surface area contributed by atoms with Crippen LogP contribution in [0.4, 0.5) is 5.69 Å². The van der Waals surface area contributed by atoms with E-state index in [4.69, 9.17) is 16.5 Å². The lowest BCUT2D eigenvalue weighted by atomic mass is 9.92. The average molecular weight is 841 g/mol. The number of nitrogens with zero attached hydrogens (tertiary/aromatic N) is 6. The first-order valence-corrected chi connectivity index (χ1v) is 21.8. The van der Waals surface area contributed by atoms with E-state index in [2.05, 4.69) is 154 Å². The summed E-state index contributed by atoms with van der Waals surface area (Å²) in [6.07, 6.45) is 0. The van der Waals surface area contributed by atoms with Crippen LogP contribution in [0.1, 0.15) is 5.56 Å². The van der Waals surface area contributed by atoms with Gasteiger partial charge in [-0.25, -0.2) is 14.8 Å². The van der Waals surface area contributed by atoms with E-state index in [1.807, 2.05) is 84.9 Å². The highest BCUT2D eigenvalue weighted by atomic mass is 15.0. The van der Waals surface area contributed by atoms with Crippen LogP contribution >= 0.6 is 0 Å². The van der Waals surface area contributed by atoms with Crippen molar-refractivity contribution < 1.29 is 0 Å². The summed E-state index contributed by atoms with van der Waals surface area (Å²) in [4.78, 5) is 14.4. The SMILES string of the molecule is [C-]#[N+]c1ccc(-c2cc(-c3nc(-c4ccccc4)cc(-c4ccccc4)n3)cc(-c3ccc(C#N)cc3)c2-n2c3ccccc3c3cc4c5ccccc5n(-c5ccccc5)c4cc32)cc1. The van der Waals surface area contributed by atoms with Crippen molar-refractivity contribution in [1.82, 2.24) is 19.1 Å². The number of aromatic nitrogens is 4. The van der Waals surface area contributed by atoms with Crippen molar-refractivity contribution in [1.29, 1.82) is 5.26 Å². The number of nitriles is 1. The van der Waals surface area contributed by atoms with Crippen LogP contribution in [0.2, 0.25) is 0 Å². The molecule has 0 spiro atoms. The van der Waals surface area contributed by atoms with Gasteiger partial charge in [-0.1, -0.05) is 152 Å². The first-order valence-electron chi connectivity index (χ1n) is 21.8. The molecule has 3 aromatic heterocycles. The second kappa shape index (κ2) is 15.8. The molecule has 6 heteroatoms. The van der Waals surface area contributed by atoms with Gasteiger partial charge in [0.25, 0.3) is 0 Å². The molecule has 0 N–H and O–H groups in total. The maximum Gasteiger partial charge on any atom is 0.187 e. The number of rotatable bonds is 7. The molecule has 0 aliphatic carbocycles. The van der Waals surface area contributed by atoms with Gasteiger partial charge in [-0.15, -0.1) is 0 Å². The molecule has 0 bridgehead atoms. The highest BCUT2D eigenvalue weighted by molar-refractivity contribution is 6.19. The predicted octanol–water partition coefficient (Wildman–Crippen LogP) is 15.4. The van der Waals surface area contributed by atoms with Crippen LogP contribution in [-0.4, -0.2) is 19.1 Å². The van der Waals surface area contributed by atoms with Gasteiger partial charge < -0.3 is 9.13 Å². The molecule has 6 nitrogen and oxygen atoms in total. The van der Waals surface area contributed by atoms with Crippen molar-refractivity contribution in [3.63, 3.8) is 0 Å². The Balaban J connectivity index is 1.23. The number of fused-ring (bicyclic) bond motifs is 6. The van der Waals surface area contributed by atoms with E-state index in [-0.39, 0.29) is 0 Å². The van der Waals surface area contributed by atoms with Crippen molar-refractivity contribution in [3.05, 3.63) is 235 Å². The topological polar surface area (TPSA) is 63.8 Å². The normalized spacial score (nSPS) is 11.3. The molecular weight excluding hydrogens is 805 g/mol. The van der Waals surface area contributed by atoms with Crippen molar-refractivity contribution in [2.45, 2.75) is 0 Å². The largest absolute Gasteiger partial charge is 0.309 e. The van der Waals surface area contributed by atoms with E-state index < -0.39 is 0 Å². The molecule has 0 unspecified atom stereocenters. The number of benzene rings is 9. The molecule has 66 heavy (non-hydrogen) atoms. The first-order chi connectivity index (χ1) is 32.6. The Morgan fingerprint density at radius 1 is 0.409 bits per heavy atom. The van der Waals surface area contributed by atoms with Crippen molar-refractivity contribution >= 4 is 49.3 Å². The zero-order valence-electron chi connectivity index (χ0n) is 35.5. The summed E-state index contributed by atoms with van der Waals surface area (Å²) in [6.45, 7) is 7.83. The molecule has 12 rings (SSSR count). The minimum absolute atomic E-state index is 0.558. The zero-order chi connectivity index (χ0) is 44.1. The van der Waals surface area contributed by atoms with Gasteiger partial charge in [0.15, 0.2) is 11.5 Å². The predicted molar refractivity (Wildman–Crippen MR) is 269 cm³/mol. The summed E-state index contributed by atoms with van der Waals surface area (Å²) in [5.41, 5.74) is 15.6. The standard InChI is InChI=1S/C60H36N6/c1-62-45-31-29-41(30-32-45)50-34-44(60-63-53(42-15-5-2-6-16-42)36-54(64-60)43-17-7-3-8-18-43)33-49(40-27-25-39(38-61)26-28-40)59(50)66-56-24-14-12-22-48(56)52-35-51-47-21-11-13-23-55(47)65(57(51)37-58(52)66)46-19-9-4-10-20-46/h2-37H. The first kappa shape index (κ1) is 38.3. The Kier molecular flexibility index (Phi) is 9.16. The number of hydrogen-bond acceptors (Lipinski definition) is 3. The highest BCUT2D eigenvalue weighted by Crippen LogP contribution is 2.46. The average Bonchev–Trinajstić information content (AvgIpc) is 3.90. The van der Waals surface area contributed by atoms with Crippen LogP contribution in [0.15, 0.2) is 218 Å². The van der Waals surface area contributed by atoms with Crippen molar-refractivity contribution in [2.24, 2.45) is 0 Å². The molecule has 0 aliphatic rings. The zero-order valence-corrected chi connectivity index (χ0v) is 35.5. The maximum absolute atomic E-state index is 9.96. The van der Waals surface area contributed by atoms with Gasteiger partial charge >= 0.3 is 0 Å². The molecule has 12 aromatic rings. The van der Waals surface area contributed by atoms with Gasteiger partial charge in [0, 0.05) is 55.0 Å². The molecule has 0 aliphatic heterocycles. The van der Waals surface area contributed by atoms with Gasteiger partial charge in [0.2, 0.25) is 0 Å². The Hall–Kier alpha value is -9.36. The second-order valence-corrected chi connectivity index (χ2v) is 16.4. The van der Waals surface area contributed by atoms with Gasteiger partial charge in [-0.3, -0.25) is 0 Å². The Labute approximate surface area is 381 Å². The van der Waals surface area contributed by atoms with E-state index in [9.17, 15) is 5.26 Å². The highest BCUT2D eigenvalue weighted by Gasteiger charge is 2.25. The van der Waals surface area contributed by atoms with Crippen molar-refractivity contribution in [3.8, 4) is 73.6 Å². The minimum atomic E-state index is 0.558. The van der Waals surface area contributed by atoms with Crippen LogP contribution in [0.25, 0.3) is 116 Å². The molecule has 3 heterocycles. The summed E-state index contributed by atoms with van der Waals surface area (Å²) in [5.74, 6) is 0.576. The minimum Gasteiger partial charge on any atom is -0.309 e. The molecule has 306 valence electrons. The Morgan fingerprint density at radius 3 is 1.44 bits per heavy atom. The van der Waals surface area contributed by atoms with Crippen LogP contribution in [0.3, 0.4) is 0 Å². The van der Waals surface area contributed by atoms with Crippen LogP contribution in [0, 0.1) is 17.9 Å². The van der Waals surface area contributed by atoms with Crippen LogP contribution in [-0.2, 0) is 0 Å². The molecule has 0 saturated carbocycles. The monoisotopic (exact) mass is 840 g/mol. The fraction of sp³-hybridized carbons (Fsp3) is 0. The molecule has 9 aromatic carbocycles. The van der Waals surface area contributed by atoms with Gasteiger partial charge in [-0.2, -0.15) is 5.26 Å². The van der Waals surface area contributed by atoms with E-state index in [1.54, 1.807) is 0 Å². The third-order valence-electron chi connectivity index (χ3n) is 12.6. The summed E-state index contributed by atoms with van der Waals surface area (Å²) < 4.78 is 4.77. The van der Waals surface area contributed by atoms with Crippen LogP contribution < -0.4 is 0 Å². The van der Waals surface area contributed by atoms with Gasteiger partial charge in [-0.05, 0) is 77.9 Å². The van der Waals surface area contributed by atoms with E-state index in [1.165, 1.54) is 10.8 Å². The molecule has 0 saturated heterocycles. The summed E-state index contributed by atoms with van der Waals surface area (Å²) in [7, 11) is 0. The Bertz CT molecular complexity index is 3770. The number of hydrogen-bond donors (Lipinski definition) is 0. The summed E-state index contributed by atoms with van der Waals surface area (Å²) >= 11 is 0. The lowest BCUT2D eigenvalue weighted by molar-refractivity contribution is 1.16. The fourth-order valence-corrected chi connectivity index (χ4v) is 9.50. The van der Waals surface area contributed by atoms with E-state index in [0.29, 0.717) is 17.1 Å².